The third-order valence-corrected chi connectivity index (χ3v) is 4.49. The number of hydrogen-bond acceptors (Lipinski definition) is 3. The number of carboxylic acid groups (broad SMARTS) is 1. The van der Waals surface area contributed by atoms with Gasteiger partial charge in [0, 0.05) is 30.9 Å². The number of rotatable bonds is 6. The van der Waals surface area contributed by atoms with Crippen LogP contribution >= 0.6 is 15.9 Å². The zero-order valence-corrected chi connectivity index (χ0v) is 14.9. The van der Waals surface area contributed by atoms with Gasteiger partial charge in [0.15, 0.2) is 0 Å². The van der Waals surface area contributed by atoms with E-state index >= 15 is 0 Å². The van der Waals surface area contributed by atoms with E-state index in [0.717, 1.165) is 10.9 Å². The van der Waals surface area contributed by atoms with E-state index in [2.05, 4.69) is 26.2 Å². The number of aliphatic carboxylic acids is 1. The number of amides is 2. The number of H-pyrrole nitrogens is 1. The lowest BCUT2D eigenvalue weighted by atomic mass is 10.2. The Morgan fingerprint density at radius 1 is 1.33 bits per heavy atom. The number of hydrogen-bond donors (Lipinski definition) is 3. The number of para-hydroxylation sites is 1. The molecule has 0 aliphatic heterocycles. The van der Waals surface area contributed by atoms with Gasteiger partial charge in [-0.05, 0) is 28.9 Å². The SMILES string of the molecule is CC(=O)NCCN(C(=O)c1[nH]c2ccccc2c1Br)C(C)C(=O)O. The number of fused-ring (bicyclic) bond motifs is 1. The van der Waals surface area contributed by atoms with Crippen molar-refractivity contribution in [3.63, 3.8) is 0 Å². The highest BCUT2D eigenvalue weighted by Gasteiger charge is 2.29. The number of carboxylic acids is 1. The van der Waals surface area contributed by atoms with Crippen LogP contribution in [0.15, 0.2) is 28.7 Å². The van der Waals surface area contributed by atoms with Crippen molar-refractivity contribution in [2.75, 3.05) is 13.1 Å². The molecular formula is C16H18BrN3O4. The Morgan fingerprint density at radius 2 is 2.00 bits per heavy atom. The van der Waals surface area contributed by atoms with Crippen LogP contribution in [0.1, 0.15) is 24.3 Å². The first kappa shape index (κ1) is 18.0. The molecule has 2 amide bonds. The molecule has 1 unspecified atom stereocenters. The first-order chi connectivity index (χ1) is 11.3. The van der Waals surface area contributed by atoms with Crippen molar-refractivity contribution in [1.29, 1.82) is 0 Å². The molecule has 128 valence electrons. The summed E-state index contributed by atoms with van der Waals surface area (Å²) >= 11 is 3.40. The minimum atomic E-state index is -1.11. The van der Waals surface area contributed by atoms with Crippen LogP contribution < -0.4 is 5.32 Å². The number of aromatic amines is 1. The predicted molar refractivity (Wildman–Crippen MR) is 92.8 cm³/mol. The van der Waals surface area contributed by atoms with Crippen molar-refractivity contribution >= 4 is 44.6 Å². The second-order valence-corrected chi connectivity index (χ2v) is 6.15. The zero-order chi connectivity index (χ0) is 17.9. The first-order valence-corrected chi connectivity index (χ1v) is 8.16. The smallest absolute Gasteiger partial charge is 0.326 e. The van der Waals surface area contributed by atoms with Crippen molar-refractivity contribution in [2.45, 2.75) is 19.9 Å². The van der Waals surface area contributed by atoms with Crippen LogP contribution in [-0.2, 0) is 9.59 Å². The normalized spacial score (nSPS) is 12.0. The average Bonchev–Trinajstić information content (AvgIpc) is 2.87. The van der Waals surface area contributed by atoms with Gasteiger partial charge in [0.05, 0.1) is 4.47 Å². The summed E-state index contributed by atoms with van der Waals surface area (Å²) in [7, 11) is 0. The Balaban J connectivity index is 2.32. The molecule has 1 atom stereocenters. The molecule has 0 aliphatic carbocycles. The highest BCUT2D eigenvalue weighted by atomic mass is 79.9. The van der Waals surface area contributed by atoms with Crippen LogP contribution in [0.5, 0.6) is 0 Å². The number of nitrogens with zero attached hydrogens (tertiary/aromatic N) is 1. The minimum absolute atomic E-state index is 0.0910. The molecule has 0 saturated heterocycles. The van der Waals surface area contributed by atoms with Crippen LogP contribution in [0, 0.1) is 0 Å². The van der Waals surface area contributed by atoms with Gasteiger partial charge < -0.3 is 20.3 Å². The molecule has 8 heteroatoms. The second kappa shape index (κ2) is 7.48. The van der Waals surface area contributed by atoms with E-state index in [-0.39, 0.29) is 24.7 Å². The zero-order valence-electron chi connectivity index (χ0n) is 13.3. The molecule has 0 aliphatic rings. The summed E-state index contributed by atoms with van der Waals surface area (Å²) < 4.78 is 0.588. The van der Waals surface area contributed by atoms with Gasteiger partial charge in [0.2, 0.25) is 5.91 Å². The van der Waals surface area contributed by atoms with E-state index in [4.69, 9.17) is 0 Å². The highest BCUT2D eigenvalue weighted by molar-refractivity contribution is 9.10. The third kappa shape index (κ3) is 3.76. The Hall–Kier alpha value is -2.35. The van der Waals surface area contributed by atoms with Crippen LogP contribution in [-0.4, -0.2) is 51.9 Å². The topological polar surface area (TPSA) is 103 Å². The number of benzene rings is 1. The summed E-state index contributed by atoms with van der Waals surface area (Å²) in [6.07, 6.45) is 0. The van der Waals surface area contributed by atoms with Crippen LogP contribution in [0.25, 0.3) is 10.9 Å². The molecule has 0 spiro atoms. The molecule has 1 heterocycles. The number of aromatic nitrogens is 1. The summed E-state index contributed by atoms with van der Waals surface area (Å²) in [5, 5.41) is 12.7. The van der Waals surface area contributed by atoms with Crippen LogP contribution in [0.4, 0.5) is 0 Å². The van der Waals surface area contributed by atoms with Crippen molar-refractivity contribution in [2.24, 2.45) is 0 Å². The third-order valence-electron chi connectivity index (χ3n) is 3.67. The van der Waals surface area contributed by atoms with Crippen molar-refractivity contribution in [1.82, 2.24) is 15.2 Å². The summed E-state index contributed by atoms with van der Waals surface area (Å²) in [4.78, 5) is 39.4. The predicted octanol–water partition coefficient (Wildman–Crippen LogP) is 1.98. The monoisotopic (exact) mass is 395 g/mol. The minimum Gasteiger partial charge on any atom is -0.480 e. The lowest BCUT2D eigenvalue weighted by Crippen LogP contribution is -2.47. The summed E-state index contributed by atoms with van der Waals surface area (Å²) in [5.41, 5.74) is 1.06. The lowest BCUT2D eigenvalue weighted by Gasteiger charge is -2.26. The maximum atomic E-state index is 12.8. The van der Waals surface area contributed by atoms with Crippen molar-refractivity contribution in [3.05, 3.63) is 34.4 Å². The van der Waals surface area contributed by atoms with Gasteiger partial charge in [-0.25, -0.2) is 4.79 Å². The Morgan fingerprint density at radius 3 is 2.58 bits per heavy atom. The van der Waals surface area contributed by atoms with Gasteiger partial charge in [-0.2, -0.15) is 0 Å². The fourth-order valence-electron chi connectivity index (χ4n) is 2.36. The summed E-state index contributed by atoms with van der Waals surface area (Å²) in [5.74, 6) is -1.80. The van der Waals surface area contributed by atoms with Gasteiger partial charge in [-0.15, -0.1) is 0 Å². The van der Waals surface area contributed by atoms with Gasteiger partial charge in [-0.3, -0.25) is 9.59 Å². The van der Waals surface area contributed by atoms with Gasteiger partial charge in [0.1, 0.15) is 11.7 Å². The van der Waals surface area contributed by atoms with E-state index < -0.39 is 17.9 Å². The maximum absolute atomic E-state index is 12.8. The number of carbonyl (C=O) groups excluding carboxylic acids is 2. The summed E-state index contributed by atoms with van der Waals surface area (Å²) in [6.45, 7) is 3.07. The quantitative estimate of drug-likeness (QED) is 0.695. The molecule has 1 aromatic carbocycles. The first-order valence-electron chi connectivity index (χ1n) is 7.37. The molecule has 7 nitrogen and oxygen atoms in total. The average molecular weight is 396 g/mol. The molecular weight excluding hydrogens is 378 g/mol. The fraction of sp³-hybridized carbons (Fsp3) is 0.312. The van der Waals surface area contributed by atoms with E-state index in [0.29, 0.717) is 4.47 Å². The molecule has 2 aromatic rings. The largest absolute Gasteiger partial charge is 0.480 e. The van der Waals surface area contributed by atoms with Gasteiger partial charge >= 0.3 is 5.97 Å². The molecule has 0 radical (unpaired) electrons. The maximum Gasteiger partial charge on any atom is 0.326 e. The van der Waals surface area contributed by atoms with Crippen LogP contribution in [0.2, 0.25) is 0 Å². The Kier molecular flexibility index (Phi) is 5.61. The number of nitrogens with one attached hydrogen (secondary N) is 2. The highest BCUT2D eigenvalue weighted by Crippen LogP contribution is 2.28. The second-order valence-electron chi connectivity index (χ2n) is 5.36. The Bertz CT molecular complexity index is 787. The number of halogens is 1. The molecule has 1 aromatic heterocycles. The fourth-order valence-corrected chi connectivity index (χ4v) is 2.97. The molecule has 24 heavy (non-hydrogen) atoms. The molecule has 0 bridgehead atoms. The van der Waals surface area contributed by atoms with Crippen molar-refractivity contribution < 1.29 is 19.5 Å². The van der Waals surface area contributed by atoms with Crippen molar-refractivity contribution in [3.8, 4) is 0 Å². The molecule has 3 N–H and O–H groups in total. The van der Waals surface area contributed by atoms with E-state index in [9.17, 15) is 19.5 Å². The molecule has 2 rings (SSSR count). The van der Waals surface area contributed by atoms with E-state index in [1.54, 1.807) is 0 Å². The standard InChI is InChI=1S/C16H18BrN3O4/c1-9(16(23)24)20(8-7-18-10(2)21)15(22)14-13(17)11-5-3-4-6-12(11)19-14/h3-6,9,19H,7-8H2,1-2H3,(H,18,21)(H,23,24). The van der Waals surface area contributed by atoms with Gasteiger partial charge in [0.25, 0.3) is 5.91 Å². The molecule has 0 fully saturated rings. The van der Waals surface area contributed by atoms with E-state index in [1.165, 1.54) is 18.7 Å². The Labute approximate surface area is 147 Å². The van der Waals surface area contributed by atoms with E-state index in [1.807, 2.05) is 24.3 Å². The van der Waals surface area contributed by atoms with Gasteiger partial charge in [-0.1, -0.05) is 18.2 Å². The lowest BCUT2D eigenvalue weighted by molar-refractivity contribution is -0.141. The molecule has 0 saturated carbocycles. The number of carbonyl (C=O) groups is 3. The summed E-state index contributed by atoms with van der Waals surface area (Å²) in [6, 6.07) is 6.36. The van der Waals surface area contributed by atoms with Crippen LogP contribution in [0.3, 0.4) is 0 Å².